The van der Waals surface area contributed by atoms with Crippen molar-refractivity contribution in [3.05, 3.63) is 0 Å². The molecular weight excluding hydrogens is 294 g/mol. The number of aliphatic hydroxyl groups excluding tert-OH is 1. The van der Waals surface area contributed by atoms with Crippen LogP contribution in [0.5, 0.6) is 0 Å². The molecule has 2 aliphatic heterocycles. The summed E-state index contributed by atoms with van der Waals surface area (Å²) in [6.07, 6.45) is 1.86. The van der Waals surface area contributed by atoms with Crippen LogP contribution >= 0.6 is 12.6 Å². The van der Waals surface area contributed by atoms with E-state index in [1.165, 1.54) is 4.90 Å². The van der Waals surface area contributed by atoms with Crippen LogP contribution in [0.3, 0.4) is 0 Å². The summed E-state index contributed by atoms with van der Waals surface area (Å²) in [7, 11) is 0. The molecule has 0 aromatic rings. The van der Waals surface area contributed by atoms with Crippen molar-refractivity contribution >= 4 is 30.4 Å². The fourth-order valence-corrected chi connectivity index (χ4v) is 3.75. The number of hydrogen-bond acceptors (Lipinski definition) is 5. The molecule has 21 heavy (non-hydrogen) atoms. The quantitative estimate of drug-likeness (QED) is 0.551. The van der Waals surface area contributed by atoms with Gasteiger partial charge in [0.25, 0.3) is 0 Å². The summed E-state index contributed by atoms with van der Waals surface area (Å²) in [4.78, 5) is 39.4. The second kappa shape index (κ2) is 6.23. The Morgan fingerprint density at radius 1 is 1.38 bits per heavy atom. The average molecular weight is 315 g/mol. The molecule has 2 rings (SSSR count). The standard InChI is InChI=1S/C13H21N3O4S/c14-11(19)9(8-21)15-6-4-13(12(15)20)3-1-5-16(13)10(18)2-7-17/h9,17,21H,1-8H2,(H2,14,19)/t9-,13?/m0/s1. The molecule has 0 saturated carbocycles. The van der Waals surface area contributed by atoms with Gasteiger partial charge in [-0.05, 0) is 19.3 Å². The second-order valence-electron chi connectivity index (χ2n) is 5.50. The van der Waals surface area contributed by atoms with Crippen LogP contribution in [0.25, 0.3) is 0 Å². The van der Waals surface area contributed by atoms with Gasteiger partial charge in [-0.25, -0.2) is 0 Å². The molecule has 0 bridgehead atoms. The van der Waals surface area contributed by atoms with Gasteiger partial charge in [-0.2, -0.15) is 12.6 Å². The number of hydrogen-bond donors (Lipinski definition) is 3. The number of rotatable bonds is 5. The second-order valence-corrected chi connectivity index (χ2v) is 5.87. The van der Waals surface area contributed by atoms with Crippen LogP contribution in [0.4, 0.5) is 0 Å². The van der Waals surface area contributed by atoms with Crippen LogP contribution < -0.4 is 5.73 Å². The van der Waals surface area contributed by atoms with E-state index < -0.39 is 17.5 Å². The van der Waals surface area contributed by atoms with E-state index in [4.69, 9.17) is 10.8 Å². The first-order valence-electron chi connectivity index (χ1n) is 7.10. The fraction of sp³-hybridized carbons (Fsp3) is 0.769. The SMILES string of the molecule is NC(=O)[C@H](CS)N1CCC2(CCCN2C(=O)CCO)C1=O. The van der Waals surface area contributed by atoms with Gasteiger partial charge in [0.2, 0.25) is 17.7 Å². The minimum atomic E-state index is -0.858. The minimum Gasteiger partial charge on any atom is -0.396 e. The first-order chi connectivity index (χ1) is 9.97. The summed E-state index contributed by atoms with van der Waals surface area (Å²) >= 11 is 4.09. The third-order valence-electron chi connectivity index (χ3n) is 4.42. The van der Waals surface area contributed by atoms with E-state index in [2.05, 4.69) is 12.6 Å². The van der Waals surface area contributed by atoms with Gasteiger partial charge in [0.15, 0.2) is 0 Å². The van der Waals surface area contributed by atoms with Crippen molar-refractivity contribution < 1.29 is 19.5 Å². The molecule has 8 heteroatoms. The lowest BCUT2D eigenvalue weighted by Gasteiger charge is -2.34. The molecule has 2 atom stereocenters. The molecule has 0 radical (unpaired) electrons. The van der Waals surface area contributed by atoms with E-state index in [9.17, 15) is 14.4 Å². The average Bonchev–Trinajstić information content (AvgIpc) is 2.99. The normalized spacial score (nSPS) is 26.7. The molecule has 1 spiro atoms. The maximum Gasteiger partial charge on any atom is 0.249 e. The molecule has 2 aliphatic rings. The molecule has 0 aliphatic carbocycles. The Bertz CT molecular complexity index is 459. The van der Waals surface area contributed by atoms with Crippen molar-refractivity contribution in [1.29, 1.82) is 0 Å². The predicted octanol–water partition coefficient (Wildman–Crippen LogP) is -1.25. The van der Waals surface area contributed by atoms with E-state index in [0.29, 0.717) is 25.9 Å². The number of nitrogens with zero attached hydrogens (tertiary/aromatic N) is 2. The molecule has 2 heterocycles. The molecule has 0 aromatic heterocycles. The Morgan fingerprint density at radius 3 is 2.67 bits per heavy atom. The summed E-state index contributed by atoms with van der Waals surface area (Å²) in [5, 5.41) is 8.93. The number of amides is 3. The molecule has 1 unspecified atom stereocenters. The summed E-state index contributed by atoms with van der Waals surface area (Å²) in [6, 6.07) is -0.740. The number of carbonyl (C=O) groups excluding carboxylic acids is 3. The topological polar surface area (TPSA) is 104 Å². The zero-order valence-corrected chi connectivity index (χ0v) is 12.7. The highest BCUT2D eigenvalue weighted by molar-refractivity contribution is 7.80. The monoisotopic (exact) mass is 315 g/mol. The zero-order chi connectivity index (χ0) is 15.6. The number of primary amides is 1. The summed E-state index contributed by atoms with van der Waals surface area (Å²) in [5.74, 6) is -0.848. The van der Waals surface area contributed by atoms with Gasteiger partial charge in [-0.15, -0.1) is 0 Å². The summed E-state index contributed by atoms with van der Waals surface area (Å²) in [5.41, 5.74) is 4.46. The lowest BCUT2D eigenvalue weighted by atomic mass is 9.94. The number of likely N-dealkylation sites (tertiary alicyclic amines) is 2. The van der Waals surface area contributed by atoms with Crippen LogP contribution in [-0.2, 0) is 14.4 Å². The molecule has 2 saturated heterocycles. The van der Waals surface area contributed by atoms with Gasteiger partial charge in [0.05, 0.1) is 6.61 Å². The van der Waals surface area contributed by atoms with Crippen LogP contribution in [0.2, 0.25) is 0 Å². The summed E-state index contributed by atoms with van der Waals surface area (Å²) < 4.78 is 0. The zero-order valence-electron chi connectivity index (χ0n) is 11.8. The highest BCUT2D eigenvalue weighted by Gasteiger charge is 2.56. The summed E-state index contributed by atoms with van der Waals surface area (Å²) in [6.45, 7) is 0.681. The fourth-order valence-electron chi connectivity index (χ4n) is 3.38. The number of thiol groups is 1. The van der Waals surface area contributed by atoms with Crippen molar-refractivity contribution in [1.82, 2.24) is 9.80 Å². The van der Waals surface area contributed by atoms with Gasteiger partial charge in [-0.3, -0.25) is 14.4 Å². The van der Waals surface area contributed by atoms with Gasteiger partial charge < -0.3 is 20.6 Å². The van der Waals surface area contributed by atoms with E-state index in [0.717, 1.165) is 6.42 Å². The Labute approximate surface area is 128 Å². The van der Waals surface area contributed by atoms with E-state index in [1.54, 1.807) is 4.90 Å². The molecular formula is C13H21N3O4S. The van der Waals surface area contributed by atoms with Crippen LogP contribution in [-0.4, -0.2) is 69.7 Å². The maximum atomic E-state index is 12.8. The van der Waals surface area contributed by atoms with E-state index in [1.807, 2.05) is 0 Å². The lowest BCUT2D eigenvalue weighted by molar-refractivity contribution is -0.148. The number of carbonyl (C=O) groups is 3. The molecule has 0 aromatic carbocycles. The highest BCUT2D eigenvalue weighted by atomic mass is 32.1. The first-order valence-corrected chi connectivity index (χ1v) is 7.74. The lowest BCUT2D eigenvalue weighted by Crippen LogP contribution is -2.56. The minimum absolute atomic E-state index is 0.0147. The Balaban J connectivity index is 2.22. The third kappa shape index (κ3) is 2.62. The van der Waals surface area contributed by atoms with Gasteiger partial charge in [0.1, 0.15) is 11.6 Å². The van der Waals surface area contributed by atoms with Crippen LogP contribution in [0, 0.1) is 0 Å². The van der Waals surface area contributed by atoms with Crippen LogP contribution in [0.15, 0.2) is 0 Å². The van der Waals surface area contributed by atoms with Gasteiger partial charge in [-0.1, -0.05) is 0 Å². The van der Waals surface area contributed by atoms with Gasteiger partial charge >= 0.3 is 0 Å². The Morgan fingerprint density at radius 2 is 2.10 bits per heavy atom. The van der Waals surface area contributed by atoms with Crippen molar-refractivity contribution in [3.8, 4) is 0 Å². The van der Waals surface area contributed by atoms with Gasteiger partial charge in [0, 0.05) is 25.3 Å². The molecule has 3 N–H and O–H groups in total. The largest absolute Gasteiger partial charge is 0.396 e. The van der Waals surface area contributed by atoms with Crippen molar-refractivity contribution in [3.63, 3.8) is 0 Å². The van der Waals surface area contributed by atoms with Crippen molar-refractivity contribution in [2.45, 2.75) is 37.3 Å². The number of aliphatic hydroxyl groups is 1. The number of nitrogens with two attached hydrogens (primary N) is 1. The maximum absolute atomic E-state index is 12.8. The van der Waals surface area contributed by atoms with E-state index in [-0.39, 0.29) is 30.6 Å². The molecule has 3 amide bonds. The Hall–Kier alpha value is -1.28. The molecule has 7 nitrogen and oxygen atoms in total. The highest BCUT2D eigenvalue weighted by Crippen LogP contribution is 2.39. The van der Waals surface area contributed by atoms with E-state index >= 15 is 0 Å². The van der Waals surface area contributed by atoms with Crippen molar-refractivity contribution in [2.75, 3.05) is 25.4 Å². The molecule has 118 valence electrons. The van der Waals surface area contributed by atoms with Crippen molar-refractivity contribution in [2.24, 2.45) is 5.73 Å². The molecule has 2 fully saturated rings. The third-order valence-corrected chi connectivity index (χ3v) is 4.76. The Kier molecular flexibility index (Phi) is 4.77. The first kappa shape index (κ1) is 16.1. The smallest absolute Gasteiger partial charge is 0.249 e. The van der Waals surface area contributed by atoms with Crippen LogP contribution in [0.1, 0.15) is 25.7 Å². The predicted molar refractivity (Wildman–Crippen MR) is 78.5 cm³/mol.